The summed E-state index contributed by atoms with van der Waals surface area (Å²) < 4.78 is 12.9. The third-order valence-corrected chi connectivity index (χ3v) is 1.50. The van der Waals surface area contributed by atoms with Gasteiger partial charge in [-0.3, -0.25) is 4.98 Å². The zero-order valence-electron chi connectivity index (χ0n) is 7.26. The highest BCUT2D eigenvalue weighted by molar-refractivity contribution is 5.33. The van der Waals surface area contributed by atoms with Crippen molar-refractivity contribution < 1.29 is 4.39 Å². The highest BCUT2D eigenvalue weighted by atomic mass is 19.1. The second-order valence-electron chi connectivity index (χ2n) is 2.55. The first kappa shape index (κ1) is 9.69. The van der Waals surface area contributed by atoms with E-state index in [1.807, 2.05) is 0 Å². The van der Waals surface area contributed by atoms with Crippen LogP contribution in [0.25, 0.3) is 0 Å². The molecule has 13 heavy (non-hydrogen) atoms. The number of rotatable bonds is 2. The summed E-state index contributed by atoms with van der Waals surface area (Å²) in [6.45, 7) is 0.619. The molecule has 0 unspecified atom stereocenters. The number of hydrogen-bond acceptors (Lipinski definition) is 2. The van der Waals surface area contributed by atoms with Gasteiger partial charge >= 0.3 is 0 Å². The molecule has 0 saturated carbocycles. The molecule has 0 radical (unpaired) electrons. The fourth-order valence-electron chi connectivity index (χ4n) is 0.825. The van der Waals surface area contributed by atoms with Gasteiger partial charge in [-0.05, 0) is 19.0 Å². The van der Waals surface area contributed by atoms with Crippen LogP contribution in [0.2, 0.25) is 0 Å². The number of aromatic nitrogens is 1. The molecule has 2 N–H and O–H groups in total. The van der Waals surface area contributed by atoms with Gasteiger partial charge in [-0.2, -0.15) is 0 Å². The molecule has 3 heteroatoms. The summed E-state index contributed by atoms with van der Waals surface area (Å²) in [4.78, 5) is 3.63. The third kappa shape index (κ3) is 3.22. The molecule has 0 bridgehead atoms. The predicted octanol–water partition coefficient (Wildman–Crippen LogP) is 1.31. The van der Waals surface area contributed by atoms with E-state index >= 15 is 0 Å². The van der Waals surface area contributed by atoms with Crippen LogP contribution in [0.1, 0.15) is 18.4 Å². The first-order valence-corrected chi connectivity index (χ1v) is 4.13. The zero-order valence-corrected chi connectivity index (χ0v) is 7.26. The highest BCUT2D eigenvalue weighted by Gasteiger charge is 1.94. The SMILES string of the molecule is NCCCC#Cc1ccncc1F. The molecule has 0 saturated heterocycles. The summed E-state index contributed by atoms with van der Waals surface area (Å²) in [5.41, 5.74) is 5.68. The molecule has 2 nitrogen and oxygen atoms in total. The Bertz CT molecular complexity index is 325. The zero-order chi connectivity index (χ0) is 9.52. The second-order valence-corrected chi connectivity index (χ2v) is 2.55. The molecule has 1 aromatic rings. The Morgan fingerprint density at radius 3 is 3.08 bits per heavy atom. The summed E-state index contributed by atoms with van der Waals surface area (Å²) >= 11 is 0. The highest BCUT2D eigenvalue weighted by Crippen LogP contribution is 2.01. The Morgan fingerprint density at radius 1 is 1.54 bits per heavy atom. The average molecular weight is 178 g/mol. The maximum Gasteiger partial charge on any atom is 0.157 e. The van der Waals surface area contributed by atoms with Crippen LogP contribution in [0.4, 0.5) is 4.39 Å². The van der Waals surface area contributed by atoms with E-state index in [1.54, 1.807) is 6.07 Å². The minimum atomic E-state index is -0.372. The fourth-order valence-corrected chi connectivity index (χ4v) is 0.825. The normalized spacial score (nSPS) is 9.08. The second kappa shape index (κ2) is 5.28. The average Bonchev–Trinajstić information content (AvgIpc) is 2.15. The largest absolute Gasteiger partial charge is 0.330 e. The van der Waals surface area contributed by atoms with E-state index in [1.165, 1.54) is 6.20 Å². The molecule has 68 valence electrons. The number of nitrogens with zero attached hydrogens (tertiary/aromatic N) is 1. The molecule has 0 atom stereocenters. The van der Waals surface area contributed by atoms with Crippen LogP contribution in [0, 0.1) is 17.7 Å². The van der Waals surface area contributed by atoms with E-state index in [0.29, 0.717) is 18.5 Å². The monoisotopic (exact) mass is 178 g/mol. The van der Waals surface area contributed by atoms with Crippen molar-refractivity contribution in [3.8, 4) is 11.8 Å². The lowest BCUT2D eigenvalue weighted by Crippen LogP contribution is -1.96. The lowest BCUT2D eigenvalue weighted by atomic mass is 10.2. The van der Waals surface area contributed by atoms with Gasteiger partial charge in [-0.15, -0.1) is 0 Å². The maximum absolute atomic E-state index is 12.9. The molecule has 1 rings (SSSR count). The van der Waals surface area contributed by atoms with Crippen LogP contribution in [-0.2, 0) is 0 Å². The van der Waals surface area contributed by atoms with Crippen LogP contribution < -0.4 is 5.73 Å². The molecule has 0 aliphatic heterocycles. The van der Waals surface area contributed by atoms with Crippen molar-refractivity contribution in [2.45, 2.75) is 12.8 Å². The van der Waals surface area contributed by atoms with E-state index in [4.69, 9.17) is 5.73 Å². The van der Waals surface area contributed by atoms with Gasteiger partial charge in [0.15, 0.2) is 5.82 Å². The van der Waals surface area contributed by atoms with Gasteiger partial charge in [0.25, 0.3) is 0 Å². The van der Waals surface area contributed by atoms with Gasteiger partial charge < -0.3 is 5.73 Å². The minimum absolute atomic E-state index is 0.372. The van der Waals surface area contributed by atoms with Gasteiger partial charge in [-0.1, -0.05) is 11.8 Å². The quantitative estimate of drug-likeness (QED) is 0.547. The number of unbranched alkanes of at least 4 members (excludes halogenated alkanes) is 1. The van der Waals surface area contributed by atoms with E-state index < -0.39 is 0 Å². The first-order chi connectivity index (χ1) is 6.34. The first-order valence-electron chi connectivity index (χ1n) is 4.13. The van der Waals surface area contributed by atoms with Crippen molar-refractivity contribution in [1.29, 1.82) is 0 Å². The Morgan fingerprint density at radius 2 is 2.38 bits per heavy atom. The lowest BCUT2D eigenvalue weighted by molar-refractivity contribution is 0.618. The molecule has 0 fully saturated rings. The maximum atomic E-state index is 12.9. The number of halogens is 1. The van der Waals surface area contributed by atoms with Crippen molar-refractivity contribution in [2.75, 3.05) is 6.54 Å². The molecule has 0 aliphatic carbocycles. The van der Waals surface area contributed by atoms with Crippen LogP contribution in [0.15, 0.2) is 18.5 Å². The van der Waals surface area contributed by atoms with Crippen molar-refractivity contribution in [3.63, 3.8) is 0 Å². The van der Waals surface area contributed by atoms with Crippen LogP contribution in [0.3, 0.4) is 0 Å². The van der Waals surface area contributed by atoms with Crippen molar-refractivity contribution in [3.05, 3.63) is 29.8 Å². The number of pyridine rings is 1. The Kier molecular flexibility index (Phi) is 3.94. The van der Waals surface area contributed by atoms with Crippen molar-refractivity contribution in [1.82, 2.24) is 4.98 Å². The lowest BCUT2D eigenvalue weighted by Gasteiger charge is -1.90. The standard InChI is InChI=1S/C10H11FN2/c11-10-8-13-7-5-9(10)4-2-1-3-6-12/h5,7-8H,1,3,6,12H2. The molecule has 0 aliphatic rings. The third-order valence-electron chi connectivity index (χ3n) is 1.50. The van der Waals surface area contributed by atoms with Crippen molar-refractivity contribution >= 4 is 0 Å². The van der Waals surface area contributed by atoms with Crippen LogP contribution in [-0.4, -0.2) is 11.5 Å². The topological polar surface area (TPSA) is 38.9 Å². The van der Waals surface area contributed by atoms with Crippen LogP contribution >= 0.6 is 0 Å². The van der Waals surface area contributed by atoms with Gasteiger partial charge in [0, 0.05) is 12.6 Å². The van der Waals surface area contributed by atoms with E-state index in [2.05, 4.69) is 16.8 Å². The van der Waals surface area contributed by atoms with E-state index in [0.717, 1.165) is 12.6 Å². The summed E-state index contributed by atoms with van der Waals surface area (Å²) in [7, 11) is 0. The molecule has 1 aromatic heterocycles. The molecule has 1 heterocycles. The minimum Gasteiger partial charge on any atom is -0.330 e. The van der Waals surface area contributed by atoms with Crippen molar-refractivity contribution in [2.24, 2.45) is 5.73 Å². The summed E-state index contributed by atoms with van der Waals surface area (Å²) in [5, 5.41) is 0. The molecular formula is C10H11FN2. The summed E-state index contributed by atoms with van der Waals surface area (Å²) in [6, 6.07) is 1.56. The molecule has 0 spiro atoms. The van der Waals surface area contributed by atoms with Gasteiger partial charge in [-0.25, -0.2) is 4.39 Å². The van der Waals surface area contributed by atoms with E-state index in [-0.39, 0.29) is 5.82 Å². The molecule has 0 amide bonds. The molecular weight excluding hydrogens is 167 g/mol. The van der Waals surface area contributed by atoms with E-state index in [9.17, 15) is 4.39 Å². The summed E-state index contributed by atoms with van der Waals surface area (Å²) in [6.07, 6.45) is 4.24. The van der Waals surface area contributed by atoms with Gasteiger partial charge in [0.1, 0.15) is 0 Å². The predicted molar refractivity (Wildman–Crippen MR) is 49.4 cm³/mol. The smallest absolute Gasteiger partial charge is 0.157 e. The number of nitrogens with two attached hydrogens (primary N) is 1. The summed E-state index contributed by atoms with van der Waals surface area (Å²) in [5.74, 6) is 5.20. The van der Waals surface area contributed by atoms with Crippen LogP contribution in [0.5, 0.6) is 0 Å². The number of hydrogen-bond donors (Lipinski definition) is 1. The fraction of sp³-hybridized carbons (Fsp3) is 0.300. The van der Waals surface area contributed by atoms with Gasteiger partial charge in [0.2, 0.25) is 0 Å². The van der Waals surface area contributed by atoms with Gasteiger partial charge in [0.05, 0.1) is 11.8 Å². The Balaban J connectivity index is 2.61. The Labute approximate surface area is 77.0 Å². The molecule has 0 aromatic carbocycles. The Hall–Kier alpha value is -1.40.